The van der Waals surface area contributed by atoms with E-state index in [4.69, 9.17) is 5.73 Å². The van der Waals surface area contributed by atoms with E-state index >= 15 is 0 Å². The highest BCUT2D eigenvalue weighted by molar-refractivity contribution is 5.99. The number of hydrogen-bond acceptors (Lipinski definition) is 3. The Kier molecular flexibility index (Phi) is 3.42. The second-order valence-electron chi connectivity index (χ2n) is 3.84. The second kappa shape index (κ2) is 4.40. The minimum atomic E-state index is -0.808. The Morgan fingerprint density at radius 3 is 2.53 bits per heavy atom. The van der Waals surface area contributed by atoms with E-state index in [2.05, 4.69) is 4.98 Å². The summed E-state index contributed by atoms with van der Waals surface area (Å²) in [4.78, 5) is 17.4. The molecule has 0 aliphatic carbocycles. The summed E-state index contributed by atoms with van der Waals surface area (Å²) in [6.07, 6.45) is 3.92. The third-order valence-corrected chi connectivity index (χ3v) is 2.58. The molecule has 0 bridgehead atoms. The molecule has 0 saturated heterocycles. The fourth-order valence-corrected chi connectivity index (χ4v) is 1.22. The van der Waals surface area contributed by atoms with Gasteiger partial charge in [-0.15, -0.1) is 0 Å². The van der Waals surface area contributed by atoms with Gasteiger partial charge in [0.25, 0.3) is 0 Å². The largest absolute Gasteiger partial charge is 0.318 e. The van der Waals surface area contributed by atoms with E-state index in [-0.39, 0.29) is 5.91 Å². The van der Waals surface area contributed by atoms with Crippen molar-refractivity contribution in [3.63, 3.8) is 0 Å². The van der Waals surface area contributed by atoms with Crippen LogP contribution in [0.5, 0.6) is 0 Å². The van der Waals surface area contributed by atoms with Crippen LogP contribution in [0.3, 0.4) is 0 Å². The van der Waals surface area contributed by atoms with E-state index in [1.54, 1.807) is 43.4 Å². The molecular formula is C11H17N3O. The molecule has 2 N–H and O–H groups in total. The highest BCUT2D eigenvalue weighted by atomic mass is 16.2. The number of likely N-dealkylation sites (N-methyl/N-ethyl adjacent to an activating group) is 1. The van der Waals surface area contributed by atoms with Crippen molar-refractivity contribution in [3.8, 4) is 0 Å². The van der Waals surface area contributed by atoms with E-state index in [0.717, 1.165) is 5.69 Å². The summed E-state index contributed by atoms with van der Waals surface area (Å²) in [6.45, 7) is 3.64. The minimum Gasteiger partial charge on any atom is -0.318 e. The normalized spacial score (nSPS) is 14.4. The summed E-state index contributed by atoms with van der Waals surface area (Å²) < 4.78 is 0. The monoisotopic (exact) mass is 207 g/mol. The molecule has 0 saturated carbocycles. The van der Waals surface area contributed by atoms with Crippen molar-refractivity contribution in [2.75, 3.05) is 11.9 Å². The summed E-state index contributed by atoms with van der Waals surface area (Å²) in [5, 5.41) is 0. The van der Waals surface area contributed by atoms with Crippen molar-refractivity contribution in [2.45, 2.75) is 25.8 Å². The Morgan fingerprint density at radius 2 is 2.07 bits per heavy atom. The lowest BCUT2D eigenvalue weighted by atomic mass is 9.98. The molecule has 0 radical (unpaired) electrons. The number of amides is 1. The molecule has 0 aliphatic heterocycles. The van der Waals surface area contributed by atoms with E-state index in [1.807, 2.05) is 6.92 Å². The van der Waals surface area contributed by atoms with E-state index in [0.29, 0.717) is 6.42 Å². The molecule has 0 aliphatic rings. The van der Waals surface area contributed by atoms with Gasteiger partial charge in [-0.1, -0.05) is 6.92 Å². The lowest BCUT2D eigenvalue weighted by Crippen LogP contribution is -2.51. The van der Waals surface area contributed by atoms with E-state index in [9.17, 15) is 4.79 Å². The molecule has 4 heteroatoms. The average molecular weight is 207 g/mol. The molecule has 82 valence electrons. The zero-order chi connectivity index (χ0) is 11.5. The number of hydrogen-bond donors (Lipinski definition) is 1. The Morgan fingerprint density at radius 1 is 1.53 bits per heavy atom. The number of anilines is 1. The number of nitrogens with zero attached hydrogens (tertiary/aromatic N) is 2. The van der Waals surface area contributed by atoms with Crippen LogP contribution in [0.1, 0.15) is 20.3 Å². The van der Waals surface area contributed by atoms with Gasteiger partial charge in [0.1, 0.15) is 0 Å². The molecule has 4 nitrogen and oxygen atoms in total. The lowest BCUT2D eigenvalue weighted by molar-refractivity contribution is -0.122. The van der Waals surface area contributed by atoms with Crippen LogP contribution in [0, 0.1) is 0 Å². The molecule has 0 aromatic carbocycles. The minimum absolute atomic E-state index is 0.0869. The van der Waals surface area contributed by atoms with Gasteiger partial charge >= 0.3 is 0 Å². The van der Waals surface area contributed by atoms with Crippen LogP contribution < -0.4 is 10.6 Å². The Bertz CT molecular complexity index is 335. The van der Waals surface area contributed by atoms with Gasteiger partial charge in [0.2, 0.25) is 5.91 Å². The summed E-state index contributed by atoms with van der Waals surface area (Å²) in [5.41, 5.74) is 5.89. The van der Waals surface area contributed by atoms with Crippen molar-refractivity contribution < 1.29 is 4.79 Å². The zero-order valence-corrected chi connectivity index (χ0v) is 9.40. The van der Waals surface area contributed by atoms with Crippen molar-refractivity contribution in [1.82, 2.24) is 4.98 Å². The number of pyridine rings is 1. The van der Waals surface area contributed by atoms with E-state index in [1.165, 1.54) is 0 Å². The molecule has 0 fully saturated rings. The summed E-state index contributed by atoms with van der Waals surface area (Å²) >= 11 is 0. The highest BCUT2D eigenvalue weighted by Crippen LogP contribution is 2.16. The molecule has 1 amide bonds. The van der Waals surface area contributed by atoms with Gasteiger partial charge in [0.15, 0.2) is 0 Å². The Balaban J connectivity index is 2.87. The molecule has 15 heavy (non-hydrogen) atoms. The van der Waals surface area contributed by atoms with Crippen LogP contribution in [-0.4, -0.2) is 23.5 Å². The van der Waals surface area contributed by atoms with Crippen LogP contribution in [0.4, 0.5) is 5.69 Å². The summed E-state index contributed by atoms with van der Waals surface area (Å²) in [7, 11) is 1.72. The summed E-state index contributed by atoms with van der Waals surface area (Å²) in [5.74, 6) is -0.0869. The predicted octanol–water partition coefficient (Wildman–Crippen LogP) is 1.17. The number of rotatable bonds is 3. The van der Waals surface area contributed by atoms with Gasteiger partial charge in [0, 0.05) is 25.1 Å². The van der Waals surface area contributed by atoms with Gasteiger partial charge in [-0.25, -0.2) is 0 Å². The topological polar surface area (TPSA) is 59.2 Å². The predicted molar refractivity (Wildman–Crippen MR) is 60.5 cm³/mol. The Hall–Kier alpha value is -1.42. The number of carbonyl (C=O) groups excluding carboxylic acids is 1. The maximum Gasteiger partial charge on any atom is 0.246 e. The smallest absolute Gasteiger partial charge is 0.246 e. The molecule has 1 aromatic rings. The summed E-state index contributed by atoms with van der Waals surface area (Å²) in [6, 6.07) is 3.56. The molecule has 1 atom stereocenters. The maximum absolute atomic E-state index is 12.0. The van der Waals surface area contributed by atoms with Crippen molar-refractivity contribution in [2.24, 2.45) is 5.73 Å². The third-order valence-electron chi connectivity index (χ3n) is 2.58. The fourth-order valence-electron chi connectivity index (χ4n) is 1.22. The number of nitrogens with two attached hydrogens (primary N) is 1. The highest BCUT2D eigenvalue weighted by Gasteiger charge is 2.29. The van der Waals surface area contributed by atoms with Crippen LogP contribution in [0.2, 0.25) is 0 Å². The third kappa shape index (κ3) is 2.53. The van der Waals surface area contributed by atoms with Crippen molar-refractivity contribution >= 4 is 11.6 Å². The molecule has 1 aromatic heterocycles. The molecule has 1 heterocycles. The first kappa shape index (κ1) is 11.7. The van der Waals surface area contributed by atoms with Crippen molar-refractivity contribution in [1.29, 1.82) is 0 Å². The first-order chi connectivity index (χ1) is 6.99. The fraction of sp³-hybridized carbons (Fsp3) is 0.455. The SMILES string of the molecule is CCC(C)(N)C(=O)N(C)c1ccncc1. The van der Waals surface area contributed by atoms with E-state index < -0.39 is 5.54 Å². The molecule has 1 unspecified atom stereocenters. The van der Waals surface area contributed by atoms with Crippen LogP contribution in [-0.2, 0) is 4.79 Å². The first-order valence-corrected chi connectivity index (χ1v) is 4.96. The van der Waals surface area contributed by atoms with Crippen LogP contribution in [0.25, 0.3) is 0 Å². The van der Waals surface area contributed by atoms with Gasteiger partial charge in [-0.2, -0.15) is 0 Å². The first-order valence-electron chi connectivity index (χ1n) is 4.96. The quantitative estimate of drug-likeness (QED) is 0.809. The van der Waals surface area contributed by atoms with Gasteiger partial charge in [-0.05, 0) is 25.5 Å². The van der Waals surface area contributed by atoms with Crippen LogP contribution >= 0.6 is 0 Å². The van der Waals surface area contributed by atoms with Gasteiger partial charge < -0.3 is 10.6 Å². The lowest BCUT2D eigenvalue weighted by Gasteiger charge is -2.28. The van der Waals surface area contributed by atoms with Crippen LogP contribution in [0.15, 0.2) is 24.5 Å². The number of carbonyl (C=O) groups is 1. The Labute approximate surface area is 90.1 Å². The maximum atomic E-state index is 12.0. The standard InChI is InChI=1S/C11H17N3O/c1-4-11(2,12)10(15)14(3)9-5-7-13-8-6-9/h5-8H,4,12H2,1-3H3. The number of aromatic nitrogens is 1. The molecular weight excluding hydrogens is 190 g/mol. The van der Waals surface area contributed by atoms with Gasteiger partial charge in [0.05, 0.1) is 5.54 Å². The van der Waals surface area contributed by atoms with Crippen molar-refractivity contribution in [3.05, 3.63) is 24.5 Å². The molecule has 0 spiro atoms. The average Bonchev–Trinajstić information content (AvgIpc) is 2.28. The molecule has 1 rings (SSSR count). The zero-order valence-electron chi connectivity index (χ0n) is 9.40. The second-order valence-corrected chi connectivity index (χ2v) is 3.84. The van der Waals surface area contributed by atoms with Gasteiger partial charge in [-0.3, -0.25) is 9.78 Å².